The van der Waals surface area contributed by atoms with Crippen molar-refractivity contribution in [2.75, 3.05) is 19.8 Å². The van der Waals surface area contributed by atoms with Gasteiger partial charge in [0.25, 0.3) is 0 Å². The predicted molar refractivity (Wildman–Crippen MR) is 144 cm³/mol. The smallest absolute Gasteiger partial charge is 0.305 e. The molecule has 1 fully saturated rings. The van der Waals surface area contributed by atoms with Crippen LogP contribution in [0, 0.1) is 0 Å². The number of esters is 2. The number of hydrogen-bond donors (Lipinski definition) is 0. The van der Waals surface area contributed by atoms with Gasteiger partial charge in [-0.3, -0.25) is 9.59 Å². The summed E-state index contributed by atoms with van der Waals surface area (Å²) in [7, 11) is 0. The van der Waals surface area contributed by atoms with Crippen LogP contribution >= 0.6 is 0 Å². The molecule has 1 unspecified atom stereocenters. The van der Waals surface area contributed by atoms with Crippen molar-refractivity contribution in [3.05, 3.63) is 0 Å². The average Bonchev–Trinajstić information content (AvgIpc) is 3.38. The first kappa shape index (κ1) is 31.9. The molecule has 1 saturated heterocycles. The molecule has 0 amide bonds. The van der Waals surface area contributed by atoms with Crippen molar-refractivity contribution in [2.45, 2.75) is 161 Å². The maximum Gasteiger partial charge on any atom is 0.305 e. The highest BCUT2D eigenvalue weighted by Crippen LogP contribution is 2.14. The lowest BCUT2D eigenvalue weighted by Crippen LogP contribution is -2.17. The fourth-order valence-electron chi connectivity index (χ4n) is 4.66. The number of unbranched alkanes of at least 4 members (excludes halogenated alkanes) is 17. The van der Waals surface area contributed by atoms with Gasteiger partial charge in [-0.25, -0.2) is 0 Å². The first-order valence-corrected chi connectivity index (χ1v) is 15.1. The zero-order chi connectivity index (χ0) is 25.2. The molecule has 5 heteroatoms. The van der Waals surface area contributed by atoms with E-state index in [1.54, 1.807) is 0 Å². The van der Waals surface area contributed by atoms with Crippen molar-refractivity contribution < 1.29 is 23.8 Å². The largest absolute Gasteiger partial charge is 0.466 e. The fraction of sp³-hybridized carbons (Fsp3) is 0.933. The molecule has 0 aromatic carbocycles. The maximum absolute atomic E-state index is 11.8. The van der Waals surface area contributed by atoms with Gasteiger partial charge in [-0.1, -0.05) is 110 Å². The third-order valence-corrected chi connectivity index (χ3v) is 6.98. The summed E-state index contributed by atoms with van der Waals surface area (Å²) in [6, 6.07) is 0. The van der Waals surface area contributed by atoms with Gasteiger partial charge in [0.2, 0.25) is 0 Å². The molecule has 1 aliphatic heterocycles. The van der Waals surface area contributed by atoms with Crippen LogP contribution in [-0.2, 0) is 23.8 Å². The SMILES string of the molecule is CCCCCCCCCCCCCCCOC(=O)CCCCCCCCC(=O)OCC1CCCO1. The predicted octanol–water partition coefficient (Wildman–Crippen LogP) is 8.46. The van der Waals surface area contributed by atoms with Crippen molar-refractivity contribution in [1.82, 2.24) is 0 Å². The summed E-state index contributed by atoms with van der Waals surface area (Å²) in [5.74, 6) is -0.148. The summed E-state index contributed by atoms with van der Waals surface area (Å²) < 4.78 is 16.1. The van der Waals surface area contributed by atoms with Crippen molar-refractivity contribution in [3.63, 3.8) is 0 Å². The van der Waals surface area contributed by atoms with E-state index >= 15 is 0 Å². The number of hydrogen-bond acceptors (Lipinski definition) is 5. The molecule has 0 aromatic rings. The van der Waals surface area contributed by atoms with Crippen molar-refractivity contribution in [2.24, 2.45) is 0 Å². The van der Waals surface area contributed by atoms with Crippen LogP contribution in [0.4, 0.5) is 0 Å². The van der Waals surface area contributed by atoms with Gasteiger partial charge >= 0.3 is 11.9 Å². The van der Waals surface area contributed by atoms with E-state index in [2.05, 4.69) is 6.92 Å². The van der Waals surface area contributed by atoms with E-state index in [0.29, 0.717) is 26.1 Å². The molecule has 5 nitrogen and oxygen atoms in total. The average molecular weight is 497 g/mol. The van der Waals surface area contributed by atoms with Crippen LogP contribution in [0.1, 0.15) is 155 Å². The summed E-state index contributed by atoms with van der Waals surface area (Å²) in [5.41, 5.74) is 0. The van der Waals surface area contributed by atoms with Crippen LogP contribution in [-0.4, -0.2) is 37.9 Å². The van der Waals surface area contributed by atoms with Crippen molar-refractivity contribution in [3.8, 4) is 0 Å². The lowest BCUT2D eigenvalue weighted by atomic mass is 10.0. The van der Waals surface area contributed by atoms with Gasteiger partial charge in [0.1, 0.15) is 6.61 Å². The van der Waals surface area contributed by atoms with Crippen molar-refractivity contribution >= 4 is 11.9 Å². The molecule has 1 heterocycles. The first-order chi connectivity index (χ1) is 17.2. The Bertz CT molecular complexity index is 487. The van der Waals surface area contributed by atoms with Gasteiger partial charge in [0.15, 0.2) is 0 Å². The summed E-state index contributed by atoms with van der Waals surface area (Å²) >= 11 is 0. The minimum Gasteiger partial charge on any atom is -0.466 e. The van der Waals surface area contributed by atoms with Crippen LogP contribution < -0.4 is 0 Å². The van der Waals surface area contributed by atoms with Crippen LogP contribution in [0.5, 0.6) is 0 Å². The van der Waals surface area contributed by atoms with Crippen LogP contribution in [0.15, 0.2) is 0 Å². The monoisotopic (exact) mass is 496 g/mol. The first-order valence-electron chi connectivity index (χ1n) is 15.1. The Balaban J connectivity index is 1.72. The van der Waals surface area contributed by atoms with Crippen LogP contribution in [0.2, 0.25) is 0 Å². The van der Waals surface area contributed by atoms with E-state index in [-0.39, 0.29) is 18.0 Å². The fourth-order valence-corrected chi connectivity index (χ4v) is 4.66. The molecule has 0 aromatic heterocycles. The molecule has 1 rings (SSSR count). The van der Waals surface area contributed by atoms with E-state index in [1.165, 1.54) is 77.0 Å². The van der Waals surface area contributed by atoms with E-state index in [9.17, 15) is 9.59 Å². The zero-order valence-corrected chi connectivity index (χ0v) is 23.0. The Hall–Kier alpha value is -1.10. The topological polar surface area (TPSA) is 61.8 Å². The lowest BCUT2D eigenvalue weighted by molar-refractivity contribution is -0.147. The van der Waals surface area contributed by atoms with Gasteiger partial charge in [-0.15, -0.1) is 0 Å². The molecular formula is C30H56O5. The van der Waals surface area contributed by atoms with Gasteiger partial charge < -0.3 is 14.2 Å². The second-order valence-corrected chi connectivity index (χ2v) is 10.4. The van der Waals surface area contributed by atoms with Gasteiger partial charge in [-0.05, 0) is 32.1 Å². The summed E-state index contributed by atoms with van der Waals surface area (Å²) in [5, 5.41) is 0. The highest BCUT2D eigenvalue weighted by atomic mass is 16.6. The summed E-state index contributed by atoms with van der Waals surface area (Å²) in [6.07, 6.45) is 26.6. The van der Waals surface area contributed by atoms with Gasteiger partial charge in [0, 0.05) is 19.4 Å². The third kappa shape index (κ3) is 21.9. The number of rotatable bonds is 25. The standard InChI is InChI=1S/C30H56O5/c1-2-3-4-5-6-7-8-9-10-11-14-17-20-25-34-29(31)23-18-15-12-13-16-19-24-30(32)35-27-28-22-21-26-33-28/h28H,2-27H2,1H3. The van der Waals surface area contributed by atoms with Crippen LogP contribution in [0.3, 0.4) is 0 Å². The Morgan fingerprint density at radius 3 is 1.57 bits per heavy atom. The van der Waals surface area contributed by atoms with E-state index in [0.717, 1.165) is 64.4 Å². The normalized spacial score (nSPS) is 15.4. The van der Waals surface area contributed by atoms with Crippen molar-refractivity contribution in [1.29, 1.82) is 0 Å². The summed E-state index contributed by atoms with van der Waals surface area (Å²) in [4.78, 5) is 23.6. The highest BCUT2D eigenvalue weighted by molar-refractivity contribution is 5.69. The quantitative estimate of drug-likeness (QED) is 0.0937. The molecule has 0 spiro atoms. The Morgan fingerprint density at radius 1 is 0.629 bits per heavy atom. The summed E-state index contributed by atoms with van der Waals surface area (Å²) in [6.45, 7) is 4.06. The lowest BCUT2D eigenvalue weighted by Gasteiger charge is -2.10. The molecule has 1 aliphatic rings. The molecule has 0 bridgehead atoms. The molecular weight excluding hydrogens is 440 g/mol. The van der Waals surface area contributed by atoms with Gasteiger partial charge in [-0.2, -0.15) is 0 Å². The number of carbonyl (C=O) groups is 2. The third-order valence-electron chi connectivity index (χ3n) is 6.98. The minimum absolute atomic E-state index is 0.0436. The molecule has 1 atom stereocenters. The van der Waals surface area contributed by atoms with E-state index in [4.69, 9.17) is 14.2 Å². The second-order valence-electron chi connectivity index (χ2n) is 10.4. The Labute approximate surface area is 216 Å². The van der Waals surface area contributed by atoms with Crippen LogP contribution in [0.25, 0.3) is 0 Å². The molecule has 0 aliphatic carbocycles. The molecule has 0 N–H and O–H groups in total. The van der Waals surface area contributed by atoms with E-state index in [1.807, 2.05) is 0 Å². The van der Waals surface area contributed by atoms with Gasteiger partial charge in [0.05, 0.1) is 12.7 Å². The molecule has 35 heavy (non-hydrogen) atoms. The molecule has 0 saturated carbocycles. The van der Waals surface area contributed by atoms with E-state index < -0.39 is 0 Å². The highest BCUT2D eigenvalue weighted by Gasteiger charge is 2.17. The second kappa shape index (κ2) is 24.6. The molecule has 206 valence electrons. The number of carbonyl (C=O) groups excluding carboxylic acids is 2. The molecule has 0 radical (unpaired) electrons. The maximum atomic E-state index is 11.8. The zero-order valence-electron chi connectivity index (χ0n) is 23.0. The number of ether oxygens (including phenoxy) is 3. The minimum atomic E-state index is -0.105. The Kier molecular flexibility index (Phi) is 22.4. The Morgan fingerprint density at radius 2 is 1.09 bits per heavy atom.